The Kier molecular flexibility index (Phi) is 3.49. The second kappa shape index (κ2) is 5.07. The van der Waals surface area contributed by atoms with E-state index in [0.29, 0.717) is 17.1 Å². The quantitative estimate of drug-likeness (QED) is 0.830. The minimum Gasteiger partial charge on any atom is -0.397 e. The lowest BCUT2D eigenvalue weighted by Gasteiger charge is -2.11. The van der Waals surface area contributed by atoms with Gasteiger partial charge < -0.3 is 11.1 Å². The zero-order chi connectivity index (χ0) is 13.1. The molecule has 90 valence electrons. The Morgan fingerprint density at radius 1 is 1.17 bits per heavy atom. The molecule has 0 aliphatic heterocycles. The molecule has 0 heterocycles. The second-order valence-corrected chi connectivity index (χ2v) is 4.57. The van der Waals surface area contributed by atoms with Crippen LogP contribution >= 0.6 is 15.9 Å². The first-order valence-corrected chi connectivity index (χ1v) is 5.91. The highest BCUT2D eigenvalue weighted by molar-refractivity contribution is 9.10. The number of nitrogens with two attached hydrogens (primary N) is 1. The van der Waals surface area contributed by atoms with Crippen LogP contribution in [0.4, 0.5) is 21.5 Å². The molecule has 18 heavy (non-hydrogen) atoms. The summed E-state index contributed by atoms with van der Waals surface area (Å²) in [6, 6.07) is 11.3. The summed E-state index contributed by atoms with van der Waals surface area (Å²) in [6.07, 6.45) is 0. The smallest absolute Gasteiger partial charge is 0.124 e. The molecule has 0 atom stereocenters. The van der Waals surface area contributed by atoms with Crippen molar-refractivity contribution in [3.8, 4) is 6.07 Å². The zero-order valence-electron chi connectivity index (χ0n) is 9.24. The summed E-state index contributed by atoms with van der Waals surface area (Å²) in [4.78, 5) is 0. The van der Waals surface area contributed by atoms with Gasteiger partial charge in [-0.05, 0) is 36.4 Å². The third-order valence-corrected chi connectivity index (χ3v) is 2.88. The molecular formula is C13H9BrFN3. The molecule has 2 aromatic carbocycles. The molecule has 0 aliphatic rings. The minimum atomic E-state index is -0.444. The van der Waals surface area contributed by atoms with Crippen molar-refractivity contribution in [3.05, 3.63) is 52.3 Å². The van der Waals surface area contributed by atoms with E-state index >= 15 is 0 Å². The normalized spacial score (nSPS) is 9.83. The van der Waals surface area contributed by atoms with Gasteiger partial charge in [0.1, 0.15) is 11.9 Å². The summed E-state index contributed by atoms with van der Waals surface area (Å²) >= 11 is 3.31. The number of halogens is 2. The number of nitriles is 1. The van der Waals surface area contributed by atoms with Gasteiger partial charge in [-0.3, -0.25) is 0 Å². The largest absolute Gasteiger partial charge is 0.397 e. The Labute approximate surface area is 112 Å². The first-order valence-electron chi connectivity index (χ1n) is 5.12. The van der Waals surface area contributed by atoms with E-state index in [9.17, 15) is 4.39 Å². The van der Waals surface area contributed by atoms with E-state index in [1.165, 1.54) is 18.2 Å². The Hall–Kier alpha value is -2.06. The van der Waals surface area contributed by atoms with Gasteiger partial charge in [-0.25, -0.2) is 4.39 Å². The lowest BCUT2D eigenvalue weighted by atomic mass is 10.1. The van der Waals surface area contributed by atoms with Gasteiger partial charge in [0.25, 0.3) is 0 Å². The van der Waals surface area contributed by atoms with Crippen molar-refractivity contribution >= 4 is 33.0 Å². The molecule has 2 rings (SSSR count). The van der Waals surface area contributed by atoms with Crippen LogP contribution in [0.1, 0.15) is 5.56 Å². The second-order valence-electron chi connectivity index (χ2n) is 3.66. The number of hydrogen-bond donors (Lipinski definition) is 2. The van der Waals surface area contributed by atoms with Crippen LogP contribution in [0.2, 0.25) is 0 Å². The molecule has 3 N–H and O–H groups in total. The summed E-state index contributed by atoms with van der Waals surface area (Å²) in [5.41, 5.74) is 7.80. The van der Waals surface area contributed by atoms with Crippen molar-refractivity contribution in [3.63, 3.8) is 0 Å². The lowest BCUT2D eigenvalue weighted by molar-refractivity contribution is 0.627. The molecule has 5 heteroatoms. The Morgan fingerprint density at radius 3 is 2.56 bits per heavy atom. The maximum atomic E-state index is 13.0. The van der Waals surface area contributed by atoms with Crippen molar-refractivity contribution in [1.29, 1.82) is 5.26 Å². The van der Waals surface area contributed by atoms with E-state index in [2.05, 4.69) is 21.2 Å². The predicted molar refractivity (Wildman–Crippen MR) is 73.0 cm³/mol. The molecule has 2 aromatic rings. The number of hydrogen-bond acceptors (Lipinski definition) is 3. The van der Waals surface area contributed by atoms with Crippen LogP contribution in [-0.4, -0.2) is 0 Å². The van der Waals surface area contributed by atoms with Gasteiger partial charge in [0.05, 0.1) is 22.6 Å². The van der Waals surface area contributed by atoms with Gasteiger partial charge in [0, 0.05) is 4.47 Å². The Bertz CT molecular complexity index is 635. The van der Waals surface area contributed by atoms with Gasteiger partial charge in [-0.15, -0.1) is 0 Å². The van der Waals surface area contributed by atoms with Crippen LogP contribution in [-0.2, 0) is 0 Å². The van der Waals surface area contributed by atoms with Crippen LogP contribution in [0.15, 0.2) is 40.9 Å². The van der Waals surface area contributed by atoms with Gasteiger partial charge in [-0.2, -0.15) is 5.26 Å². The number of anilines is 3. The summed E-state index contributed by atoms with van der Waals surface area (Å²) < 4.78 is 13.9. The molecule has 3 nitrogen and oxygen atoms in total. The molecule has 0 unspecified atom stereocenters. The lowest BCUT2D eigenvalue weighted by Crippen LogP contribution is -1.98. The minimum absolute atomic E-state index is 0.234. The third kappa shape index (κ3) is 2.60. The van der Waals surface area contributed by atoms with Gasteiger partial charge in [0.2, 0.25) is 0 Å². The summed E-state index contributed by atoms with van der Waals surface area (Å²) in [7, 11) is 0. The number of nitrogens with one attached hydrogen (secondary N) is 1. The number of nitrogens with zero attached hydrogens (tertiary/aromatic N) is 1. The molecule has 0 aromatic heterocycles. The highest BCUT2D eigenvalue weighted by Gasteiger charge is 2.06. The summed E-state index contributed by atoms with van der Waals surface area (Å²) in [6.45, 7) is 0. The first-order chi connectivity index (χ1) is 8.60. The fraction of sp³-hybridized carbons (Fsp3) is 0. The standard InChI is InChI=1S/C13H9BrFN3/c14-9-1-3-13(11(17)6-9)18-12-4-2-10(15)5-8(12)7-16/h1-6,18H,17H2. The molecule has 0 radical (unpaired) electrons. The fourth-order valence-corrected chi connectivity index (χ4v) is 1.89. The van der Waals surface area contributed by atoms with Crippen LogP contribution in [0.5, 0.6) is 0 Å². The fourth-order valence-electron chi connectivity index (χ4n) is 1.51. The Morgan fingerprint density at radius 2 is 1.89 bits per heavy atom. The van der Waals surface area contributed by atoms with Crippen molar-refractivity contribution in [1.82, 2.24) is 0 Å². The average molecular weight is 306 g/mol. The Balaban J connectivity index is 2.37. The molecule has 0 aliphatic carbocycles. The number of rotatable bonds is 2. The first kappa shape index (κ1) is 12.4. The molecule has 0 spiro atoms. The molecule has 0 saturated carbocycles. The van der Waals surface area contributed by atoms with Crippen LogP contribution in [0.25, 0.3) is 0 Å². The topological polar surface area (TPSA) is 61.8 Å². The monoisotopic (exact) mass is 305 g/mol. The highest BCUT2D eigenvalue weighted by Crippen LogP contribution is 2.28. The van der Waals surface area contributed by atoms with E-state index in [1.54, 1.807) is 12.1 Å². The molecule has 0 bridgehead atoms. The maximum Gasteiger partial charge on any atom is 0.124 e. The van der Waals surface area contributed by atoms with Crippen LogP contribution in [0, 0.1) is 17.1 Å². The SMILES string of the molecule is N#Cc1cc(F)ccc1Nc1ccc(Br)cc1N. The maximum absolute atomic E-state index is 13.0. The van der Waals surface area contributed by atoms with E-state index in [1.807, 2.05) is 12.1 Å². The average Bonchev–Trinajstić information content (AvgIpc) is 2.34. The van der Waals surface area contributed by atoms with Crippen molar-refractivity contribution < 1.29 is 4.39 Å². The molecule has 0 amide bonds. The zero-order valence-corrected chi connectivity index (χ0v) is 10.8. The molecule has 0 fully saturated rings. The van der Waals surface area contributed by atoms with Crippen molar-refractivity contribution in [2.45, 2.75) is 0 Å². The predicted octanol–water partition coefficient (Wildman–Crippen LogP) is 3.79. The van der Waals surface area contributed by atoms with E-state index in [0.717, 1.165) is 4.47 Å². The van der Waals surface area contributed by atoms with Gasteiger partial charge in [0.15, 0.2) is 0 Å². The summed E-state index contributed by atoms with van der Waals surface area (Å²) in [5, 5.41) is 12.0. The number of benzene rings is 2. The van der Waals surface area contributed by atoms with Crippen LogP contribution < -0.4 is 11.1 Å². The summed E-state index contributed by atoms with van der Waals surface area (Å²) in [5.74, 6) is -0.444. The van der Waals surface area contributed by atoms with Crippen molar-refractivity contribution in [2.75, 3.05) is 11.1 Å². The van der Waals surface area contributed by atoms with Gasteiger partial charge >= 0.3 is 0 Å². The third-order valence-electron chi connectivity index (χ3n) is 2.39. The van der Waals surface area contributed by atoms with Gasteiger partial charge in [-0.1, -0.05) is 15.9 Å². The van der Waals surface area contributed by atoms with E-state index < -0.39 is 5.82 Å². The number of nitrogen functional groups attached to an aromatic ring is 1. The van der Waals surface area contributed by atoms with Crippen LogP contribution in [0.3, 0.4) is 0 Å². The van der Waals surface area contributed by atoms with E-state index in [-0.39, 0.29) is 5.56 Å². The highest BCUT2D eigenvalue weighted by atomic mass is 79.9. The van der Waals surface area contributed by atoms with Crippen molar-refractivity contribution in [2.24, 2.45) is 0 Å². The molecular weight excluding hydrogens is 297 g/mol. The molecule has 0 saturated heterocycles. The van der Waals surface area contributed by atoms with E-state index in [4.69, 9.17) is 11.0 Å².